The zero-order chi connectivity index (χ0) is 28.1. The lowest BCUT2D eigenvalue weighted by atomic mass is 9.99. The van der Waals surface area contributed by atoms with Gasteiger partial charge in [-0.2, -0.15) is 0 Å². The van der Waals surface area contributed by atoms with E-state index in [1.54, 1.807) is 54.6 Å². The van der Waals surface area contributed by atoms with Crippen molar-refractivity contribution in [1.29, 1.82) is 0 Å². The summed E-state index contributed by atoms with van der Waals surface area (Å²) in [6.45, 7) is 2.98. The van der Waals surface area contributed by atoms with Gasteiger partial charge in [-0.15, -0.1) is 10.2 Å². The highest BCUT2D eigenvalue weighted by Gasteiger charge is 2.25. The van der Waals surface area contributed by atoms with E-state index in [4.69, 9.17) is 5.73 Å². The molecule has 10 nitrogen and oxygen atoms in total. The second-order valence-corrected chi connectivity index (χ2v) is 9.25. The molecule has 39 heavy (non-hydrogen) atoms. The molecule has 4 rings (SSSR count). The van der Waals surface area contributed by atoms with Gasteiger partial charge in [0.1, 0.15) is 23.6 Å². The molecule has 200 valence electrons. The van der Waals surface area contributed by atoms with Crippen LogP contribution in [0, 0.1) is 0 Å². The van der Waals surface area contributed by atoms with E-state index in [-0.39, 0.29) is 29.0 Å². The first kappa shape index (κ1) is 27.2. The third kappa shape index (κ3) is 6.02. The van der Waals surface area contributed by atoms with Crippen LogP contribution in [0.2, 0.25) is 0 Å². The van der Waals surface area contributed by atoms with Gasteiger partial charge in [-0.3, -0.25) is 14.4 Å². The number of nitrogens with zero attached hydrogens (tertiary/aromatic N) is 2. The normalized spacial score (nSPS) is 13.7. The Balaban J connectivity index is 1.65. The zero-order valence-corrected chi connectivity index (χ0v) is 21.5. The topological polar surface area (TPSA) is 166 Å². The third-order valence-electron chi connectivity index (χ3n) is 6.29. The van der Waals surface area contributed by atoms with E-state index in [9.17, 15) is 24.6 Å². The lowest BCUT2D eigenvalue weighted by Crippen LogP contribution is -2.53. The summed E-state index contributed by atoms with van der Waals surface area (Å²) in [5.41, 5.74) is 6.51. The third-order valence-corrected chi connectivity index (χ3v) is 6.29. The number of carbonyl (C=O) groups is 3. The molecule has 0 aliphatic carbocycles. The molecule has 0 saturated carbocycles. The fourth-order valence-corrected chi connectivity index (χ4v) is 4.18. The van der Waals surface area contributed by atoms with Crippen molar-refractivity contribution >= 4 is 45.0 Å². The summed E-state index contributed by atoms with van der Waals surface area (Å²) in [5.74, 6) is -1.96. The first-order valence-electron chi connectivity index (χ1n) is 12.4. The summed E-state index contributed by atoms with van der Waals surface area (Å²) in [5, 5.41) is 36.4. The van der Waals surface area contributed by atoms with Gasteiger partial charge in [0.05, 0.1) is 17.1 Å². The smallest absolute Gasteiger partial charge is 0.287 e. The number of phenolic OH excluding ortho intramolecular Hbond substituents is 2. The number of amides is 3. The number of fused-ring (bicyclic) bond motifs is 2. The number of phenols is 2. The molecule has 0 saturated heterocycles. The molecule has 0 heterocycles. The molecule has 6 N–H and O–H groups in total. The summed E-state index contributed by atoms with van der Waals surface area (Å²) in [7, 11) is 0. The van der Waals surface area contributed by atoms with Crippen molar-refractivity contribution < 1.29 is 24.6 Å². The molecule has 0 bridgehead atoms. The molecular weight excluding hydrogens is 498 g/mol. The van der Waals surface area contributed by atoms with E-state index in [0.717, 1.165) is 5.56 Å². The van der Waals surface area contributed by atoms with Gasteiger partial charge in [0.25, 0.3) is 5.91 Å². The van der Waals surface area contributed by atoms with Crippen molar-refractivity contribution in [3.05, 3.63) is 78.4 Å². The SMILES string of the molecule is C[C@H](N)C(=O)N[C@@H](C)C(=O)N[C@H](Cc1ccccc1)C(=O)N=Nc1cccc2c(O)c3ccccc3c(O)c12. The van der Waals surface area contributed by atoms with Crippen LogP contribution < -0.4 is 16.4 Å². The number of aromatic hydroxyl groups is 2. The summed E-state index contributed by atoms with van der Waals surface area (Å²) < 4.78 is 0. The molecule has 0 aliphatic heterocycles. The van der Waals surface area contributed by atoms with E-state index in [1.807, 2.05) is 18.2 Å². The minimum absolute atomic E-state index is 0.0289. The Bertz CT molecular complexity index is 1570. The van der Waals surface area contributed by atoms with Gasteiger partial charge in [0, 0.05) is 22.6 Å². The summed E-state index contributed by atoms with van der Waals surface area (Å²) >= 11 is 0. The van der Waals surface area contributed by atoms with Gasteiger partial charge in [-0.1, -0.05) is 66.7 Å². The van der Waals surface area contributed by atoms with Crippen LogP contribution >= 0.6 is 0 Å². The van der Waals surface area contributed by atoms with E-state index in [2.05, 4.69) is 20.9 Å². The van der Waals surface area contributed by atoms with Crippen molar-refractivity contribution in [2.45, 2.75) is 38.4 Å². The molecule has 10 heteroatoms. The largest absolute Gasteiger partial charge is 0.507 e. The Kier molecular flexibility index (Phi) is 8.16. The maximum absolute atomic E-state index is 13.2. The quantitative estimate of drug-likeness (QED) is 0.133. The first-order valence-corrected chi connectivity index (χ1v) is 12.4. The minimum Gasteiger partial charge on any atom is -0.507 e. The Labute approximate surface area is 224 Å². The second kappa shape index (κ2) is 11.7. The van der Waals surface area contributed by atoms with Crippen LogP contribution in [0.5, 0.6) is 11.5 Å². The lowest BCUT2D eigenvalue weighted by molar-refractivity contribution is -0.131. The minimum atomic E-state index is -1.09. The average Bonchev–Trinajstić information content (AvgIpc) is 2.94. The van der Waals surface area contributed by atoms with E-state index < -0.39 is 35.8 Å². The molecule has 0 aliphatic rings. The van der Waals surface area contributed by atoms with Gasteiger partial charge in [-0.05, 0) is 25.5 Å². The van der Waals surface area contributed by atoms with Crippen molar-refractivity contribution in [3.63, 3.8) is 0 Å². The van der Waals surface area contributed by atoms with Gasteiger partial charge in [0.2, 0.25) is 11.8 Å². The van der Waals surface area contributed by atoms with Gasteiger partial charge < -0.3 is 26.6 Å². The fraction of sp³-hybridized carbons (Fsp3) is 0.207. The average molecular weight is 528 g/mol. The van der Waals surface area contributed by atoms with Crippen molar-refractivity contribution in [2.75, 3.05) is 0 Å². The number of hydrogen-bond donors (Lipinski definition) is 5. The highest BCUT2D eigenvalue weighted by Crippen LogP contribution is 2.45. The van der Waals surface area contributed by atoms with E-state index in [0.29, 0.717) is 16.2 Å². The first-order chi connectivity index (χ1) is 18.7. The molecule has 0 aromatic heterocycles. The van der Waals surface area contributed by atoms with Crippen LogP contribution in [0.4, 0.5) is 5.69 Å². The molecule has 0 radical (unpaired) electrons. The number of rotatable bonds is 8. The molecule has 3 atom stereocenters. The van der Waals surface area contributed by atoms with Crippen LogP contribution in [0.3, 0.4) is 0 Å². The van der Waals surface area contributed by atoms with Gasteiger partial charge >= 0.3 is 0 Å². The number of benzene rings is 4. The number of hydrogen-bond acceptors (Lipinski definition) is 7. The lowest BCUT2D eigenvalue weighted by Gasteiger charge is -2.20. The Hall–Kier alpha value is -4.83. The number of nitrogens with two attached hydrogens (primary N) is 1. The van der Waals surface area contributed by atoms with Crippen LogP contribution in [0.1, 0.15) is 19.4 Å². The van der Waals surface area contributed by atoms with Crippen molar-refractivity contribution in [3.8, 4) is 11.5 Å². The van der Waals surface area contributed by atoms with Gasteiger partial charge in [-0.25, -0.2) is 0 Å². The van der Waals surface area contributed by atoms with Crippen molar-refractivity contribution in [1.82, 2.24) is 10.6 Å². The maximum atomic E-state index is 13.2. The van der Waals surface area contributed by atoms with Crippen LogP contribution in [-0.2, 0) is 20.8 Å². The molecule has 0 unspecified atom stereocenters. The standard InChI is InChI=1S/C29H29N5O5/c1-16(30)27(37)31-17(2)28(38)32-23(15-18-9-4-3-5-10-18)29(39)34-33-22-14-8-13-21-24(22)26(36)20-12-7-6-11-19(20)25(21)35/h3-14,16-17,23,35-36H,15,30H2,1-2H3,(H,31,37)(H,32,38)/t16-,17-,23+/m0/s1. The monoisotopic (exact) mass is 527 g/mol. The summed E-state index contributed by atoms with van der Waals surface area (Å²) in [6.07, 6.45) is 0.130. The van der Waals surface area contributed by atoms with Gasteiger partial charge in [0.15, 0.2) is 0 Å². The highest BCUT2D eigenvalue weighted by molar-refractivity contribution is 6.14. The number of carbonyl (C=O) groups excluding carboxylic acids is 3. The zero-order valence-electron chi connectivity index (χ0n) is 21.5. The van der Waals surface area contributed by atoms with Crippen LogP contribution in [-0.4, -0.2) is 46.1 Å². The second-order valence-electron chi connectivity index (χ2n) is 9.25. The molecular formula is C29H29N5O5. The molecule has 0 spiro atoms. The summed E-state index contributed by atoms with van der Waals surface area (Å²) in [6, 6.07) is 17.9. The Morgan fingerprint density at radius 2 is 1.41 bits per heavy atom. The molecule has 3 amide bonds. The molecule has 0 fully saturated rings. The summed E-state index contributed by atoms with van der Waals surface area (Å²) in [4.78, 5) is 37.9. The number of nitrogens with one attached hydrogen (secondary N) is 2. The molecule has 4 aromatic rings. The predicted molar refractivity (Wildman–Crippen MR) is 148 cm³/mol. The Morgan fingerprint density at radius 3 is 2.08 bits per heavy atom. The predicted octanol–water partition coefficient (Wildman–Crippen LogP) is 3.59. The van der Waals surface area contributed by atoms with Crippen LogP contribution in [0.15, 0.2) is 83.0 Å². The molecule has 4 aromatic carbocycles. The van der Waals surface area contributed by atoms with Crippen molar-refractivity contribution in [2.24, 2.45) is 16.0 Å². The number of azo groups is 1. The maximum Gasteiger partial charge on any atom is 0.287 e. The Morgan fingerprint density at radius 1 is 0.795 bits per heavy atom. The fourth-order valence-electron chi connectivity index (χ4n) is 4.18. The van der Waals surface area contributed by atoms with E-state index >= 15 is 0 Å². The van der Waals surface area contributed by atoms with Crippen LogP contribution in [0.25, 0.3) is 21.5 Å². The van der Waals surface area contributed by atoms with E-state index in [1.165, 1.54) is 13.8 Å². The highest BCUT2D eigenvalue weighted by atomic mass is 16.3.